The third kappa shape index (κ3) is 14.9. The summed E-state index contributed by atoms with van der Waals surface area (Å²) in [4.78, 5) is 10.2. The number of carbonyl (C=O) groups excluding carboxylic acids is 1. The van der Waals surface area contributed by atoms with Crippen LogP contribution in [-0.4, -0.2) is 12.6 Å². The topological polar surface area (TPSA) is 26.3 Å². The van der Waals surface area contributed by atoms with Gasteiger partial charge in [0, 0.05) is 12.5 Å². The second-order valence-corrected chi connectivity index (χ2v) is 2.50. The van der Waals surface area contributed by atoms with Crippen LogP contribution in [0, 0.1) is 0 Å². The van der Waals surface area contributed by atoms with Crippen molar-refractivity contribution in [3.8, 4) is 0 Å². The van der Waals surface area contributed by atoms with E-state index in [1.54, 1.807) is 6.08 Å². The molecule has 0 aromatic carbocycles. The minimum absolute atomic E-state index is 0.216. The maximum Gasteiger partial charge on any atom is 0.330 e. The zero-order chi connectivity index (χ0) is 12.6. The molecule has 0 aromatic heterocycles. The summed E-state index contributed by atoms with van der Waals surface area (Å²) in [5.41, 5.74) is 0. The van der Waals surface area contributed by atoms with Crippen molar-refractivity contribution < 1.29 is 9.53 Å². The lowest BCUT2D eigenvalue weighted by Crippen LogP contribution is -2.05. The molecular formula is C14H22O2. The molecule has 1 aliphatic rings. The zero-order valence-corrected chi connectivity index (χ0v) is 10.5. The average Bonchev–Trinajstić information content (AvgIpc) is 2.34. The van der Waals surface area contributed by atoms with Crippen molar-refractivity contribution in [3.63, 3.8) is 0 Å². The van der Waals surface area contributed by atoms with E-state index in [0.29, 0.717) is 6.61 Å². The second kappa shape index (κ2) is 15.9. The van der Waals surface area contributed by atoms with Gasteiger partial charge in [0.15, 0.2) is 0 Å². The van der Waals surface area contributed by atoms with E-state index < -0.39 is 0 Å². The Balaban J connectivity index is 0. The Hall–Kier alpha value is -1.57. The molecule has 0 N–H and O–H groups in total. The number of hydrogen-bond donors (Lipinski definition) is 0. The van der Waals surface area contributed by atoms with E-state index >= 15 is 0 Å². The molecule has 0 bridgehead atoms. The second-order valence-electron chi connectivity index (χ2n) is 2.50. The summed E-state index contributed by atoms with van der Waals surface area (Å²) in [7, 11) is 0. The van der Waals surface area contributed by atoms with E-state index in [1.165, 1.54) is 6.08 Å². The summed E-state index contributed by atoms with van der Waals surface area (Å²) in [6.07, 6.45) is 13.6. The van der Waals surface area contributed by atoms with Gasteiger partial charge in [-0.15, -0.1) is 0 Å². The molecule has 0 aromatic rings. The molecule has 0 fully saturated rings. The number of carbonyl (C=O) groups is 1. The Bertz CT molecular complexity index is 247. The minimum Gasteiger partial charge on any atom is -0.462 e. The molecular weight excluding hydrogens is 200 g/mol. The summed E-state index contributed by atoms with van der Waals surface area (Å²) in [5.74, 6) is -0.216. The normalized spacial score (nSPS) is 13.6. The van der Waals surface area contributed by atoms with Gasteiger partial charge in [-0.3, -0.25) is 0 Å². The molecule has 0 unspecified atom stereocenters. The maximum absolute atomic E-state index is 10.2. The first kappa shape index (κ1) is 16.8. The van der Waals surface area contributed by atoms with Crippen LogP contribution in [0.25, 0.3) is 0 Å². The Kier molecular flexibility index (Phi) is 16.7. The van der Waals surface area contributed by atoms with Crippen molar-refractivity contribution in [2.75, 3.05) is 6.61 Å². The quantitative estimate of drug-likeness (QED) is 0.524. The van der Waals surface area contributed by atoms with Gasteiger partial charge in [0.05, 0.1) is 6.61 Å². The van der Waals surface area contributed by atoms with Crippen LogP contribution in [0.3, 0.4) is 0 Å². The molecule has 90 valence electrons. The highest BCUT2D eigenvalue weighted by Crippen LogP contribution is 1.93. The summed E-state index contributed by atoms with van der Waals surface area (Å²) in [5, 5.41) is 0. The van der Waals surface area contributed by atoms with E-state index in [4.69, 9.17) is 0 Å². The lowest BCUT2D eigenvalue weighted by atomic mass is 10.3. The van der Waals surface area contributed by atoms with Crippen molar-refractivity contribution in [1.82, 2.24) is 0 Å². The van der Waals surface area contributed by atoms with Crippen molar-refractivity contribution >= 4 is 5.97 Å². The molecule has 1 aliphatic heterocycles. The lowest BCUT2D eigenvalue weighted by molar-refractivity contribution is -0.138. The number of rotatable bonds is 2. The third-order valence-electron chi connectivity index (χ3n) is 1.33. The minimum atomic E-state index is -0.216. The number of esters is 1. The molecule has 0 saturated heterocycles. The van der Waals surface area contributed by atoms with Gasteiger partial charge in [0.2, 0.25) is 0 Å². The van der Waals surface area contributed by atoms with Gasteiger partial charge >= 0.3 is 5.97 Å². The van der Waals surface area contributed by atoms with Crippen LogP contribution < -0.4 is 0 Å². The SMILES string of the molecule is C=C/C=C\C=C/C.CC.O=C1C=CCCO1. The zero-order valence-electron chi connectivity index (χ0n) is 10.5. The number of ether oxygens (including phenoxy) is 1. The van der Waals surface area contributed by atoms with E-state index in [0.717, 1.165) is 6.42 Å². The fourth-order valence-corrected chi connectivity index (χ4v) is 0.709. The number of allylic oxidation sites excluding steroid dienone is 5. The predicted octanol–water partition coefficient (Wildman–Crippen LogP) is 3.82. The first-order valence-corrected chi connectivity index (χ1v) is 5.55. The smallest absolute Gasteiger partial charge is 0.330 e. The van der Waals surface area contributed by atoms with Crippen molar-refractivity contribution in [2.45, 2.75) is 27.2 Å². The summed E-state index contributed by atoms with van der Waals surface area (Å²) in [6.45, 7) is 10.0. The molecule has 0 spiro atoms. The molecule has 1 rings (SSSR count). The van der Waals surface area contributed by atoms with Gasteiger partial charge in [-0.1, -0.05) is 56.9 Å². The van der Waals surface area contributed by atoms with Gasteiger partial charge in [0.1, 0.15) is 0 Å². The number of cyclic esters (lactones) is 1. The van der Waals surface area contributed by atoms with Crippen LogP contribution in [0.2, 0.25) is 0 Å². The maximum atomic E-state index is 10.2. The molecule has 0 amide bonds. The van der Waals surface area contributed by atoms with Crippen LogP contribution in [-0.2, 0) is 9.53 Å². The first-order valence-electron chi connectivity index (χ1n) is 5.55. The van der Waals surface area contributed by atoms with Gasteiger partial charge in [0.25, 0.3) is 0 Å². The van der Waals surface area contributed by atoms with E-state index in [9.17, 15) is 4.79 Å². The molecule has 0 radical (unpaired) electrons. The molecule has 1 heterocycles. The van der Waals surface area contributed by atoms with Gasteiger partial charge in [-0.25, -0.2) is 4.79 Å². The Morgan fingerprint density at radius 1 is 1.31 bits per heavy atom. The van der Waals surface area contributed by atoms with Crippen LogP contribution in [0.5, 0.6) is 0 Å². The fraction of sp³-hybridized carbons (Fsp3) is 0.357. The summed E-state index contributed by atoms with van der Waals surface area (Å²) < 4.78 is 4.55. The summed E-state index contributed by atoms with van der Waals surface area (Å²) in [6, 6.07) is 0. The molecule has 0 atom stereocenters. The van der Waals surface area contributed by atoms with Gasteiger partial charge in [-0.2, -0.15) is 0 Å². The molecule has 2 nitrogen and oxygen atoms in total. The monoisotopic (exact) mass is 222 g/mol. The van der Waals surface area contributed by atoms with Crippen LogP contribution in [0.4, 0.5) is 0 Å². The highest BCUT2D eigenvalue weighted by atomic mass is 16.5. The van der Waals surface area contributed by atoms with Crippen molar-refractivity contribution in [3.05, 3.63) is 49.1 Å². The Morgan fingerprint density at radius 2 is 2.00 bits per heavy atom. The van der Waals surface area contributed by atoms with E-state index in [2.05, 4.69) is 11.3 Å². The van der Waals surface area contributed by atoms with Crippen LogP contribution >= 0.6 is 0 Å². The lowest BCUT2D eigenvalue weighted by Gasteiger charge is -2.01. The Labute approximate surface area is 99.0 Å². The van der Waals surface area contributed by atoms with E-state index in [1.807, 2.05) is 51.2 Å². The largest absolute Gasteiger partial charge is 0.462 e. The fourth-order valence-electron chi connectivity index (χ4n) is 0.709. The van der Waals surface area contributed by atoms with Crippen LogP contribution in [0.1, 0.15) is 27.2 Å². The highest BCUT2D eigenvalue weighted by Gasteiger charge is 1.98. The average molecular weight is 222 g/mol. The highest BCUT2D eigenvalue weighted by molar-refractivity contribution is 5.82. The van der Waals surface area contributed by atoms with Gasteiger partial charge < -0.3 is 4.74 Å². The molecule has 2 heteroatoms. The van der Waals surface area contributed by atoms with E-state index in [-0.39, 0.29) is 5.97 Å². The van der Waals surface area contributed by atoms with Crippen molar-refractivity contribution in [1.29, 1.82) is 0 Å². The molecule has 0 saturated carbocycles. The first-order chi connectivity index (χ1) is 7.81. The summed E-state index contributed by atoms with van der Waals surface area (Å²) >= 11 is 0. The molecule has 0 aliphatic carbocycles. The van der Waals surface area contributed by atoms with Crippen molar-refractivity contribution in [2.24, 2.45) is 0 Å². The predicted molar refractivity (Wildman–Crippen MR) is 70.2 cm³/mol. The molecule has 16 heavy (non-hydrogen) atoms. The van der Waals surface area contributed by atoms with Crippen LogP contribution in [0.15, 0.2) is 49.1 Å². The Morgan fingerprint density at radius 3 is 2.31 bits per heavy atom. The number of hydrogen-bond acceptors (Lipinski definition) is 2. The standard InChI is InChI=1S/C7H10.C5H6O2.C2H6/c1-3-5-7-6-4-2;6-5-3-1-2-4-7-5;1-2/h3-7H,1H2,2H3;1,3H,2,4H2;1-2H3/b6-4-,7-5-;;. The van der Waals surface area contributed by atoms with Gasteiger partial charge in [-0.05, 0) is 6.92 Å². The third-order valence-corrected chi connectivity index (χ3v) is 1.33.